The van der Waals surface area contributed by atoms with Crippen LogP contribution in [0.25, 0.3) is 0 Å². The zero-order valence-corrected chi connectivity index (χ0v) is 13.7. The molecule has 3 nitrogen and oxygen atoms in total. The van der Waals surface area contributed by atoms with E-state index in [1.807, 2.05) is 12.1 Å². The van der Waals surface area contributed by atoms with Gasteiger partial charge in [0.05, 0.1) is 6.61 Å². The molecule has 0 saturated heterocycles. The molecule has 0 heterocycles. The van der Waals surface area contributed by atoms with E-state index in [1.54, 1.807) is 0 Å². The molecule has 0 bridgehead atoms. The van der Waals surface area contributed by atoms with Crippen LogP contribution in [0.4, 0.5) is 0 Å². The Morgan fingerprint density at radius 1 is 1.24 bits per heavy atom. The molecule has 21 heavy (non-hydrogen) atoms. The summed E-state index contributed by atoms with van der Waals surface area (Å²) in [4.78, 5) is 0. The predicted octanol–water partition coefficient (Wildman–Crippen LogP) is 4.10. The number of nitrogens with two attached hydrogens (primary N) is 1. The van der Waals surface area contributed by atoms with Gasteiger partial charge in [-0.25, -0.2) is 0 Å². The van der Waals surface area contributed by atoms with Crippen LogP contribution < -0.4 is 15.2 Å². The summed E-state index contributed by atoms with van der Waals surface area (Å²) in [5, 5.41) is 0. The Balaban J connectivity index is 2.86. The van der Waals surface area contributed by atoms with Gasteiger partial charge in [-0.05, 0) is 42.9 Å². The number of benzene rings is 1. The van der Waals surface area contributed by atoms with Crippen LogP contribution in [0, 0.1) is 0 Å². The lowest BCUT2D eigenvalue weighted by Crippen LogP contribution is -2.21. The Morgan fingerprint density at radius 2 is 2.00 bits per heavy atom. The van der Waals surface area contributed by atoms with Crippen molar-refractivity contribution >= 4 is 0 Å². The SMILES string of the molecule is C=C(CC)COc1cc(OCCC)ccc1CC(N)CC. The highest BCUT2D eigenvalue weighted by molar-refractivity contribution is 5.41. The zero-order chi connectivity index (χ0) is 15.7. The summed E-state index contributed by atoms with van der Waals surface area (Å²) in [6.45, 7) is 11.5. The fourth-order valence-corrected chi connectivity index (χ4v) is 1.86. The Hall–Kier alpha value is -1.48. The minimum atomic E-state index is 0.157. The summed E-state index contributed by atoms with van der Waals surface area (Å²) >= 11 is 0. The van der Waals surface area contributed by atoms with Crippen LogP contribution in [-0.4, -0.2) is 19.3 Å². The second-order valence-corrected chi connectivity index (χ2v) is 5.38. The summed E-state index contributed by atoms with van der Waals surface area (Å²) in [5.41, 5.74) is 8.29. The van der Waals surface area contributed by atoms with Gasteiger partial charge in [0, 0.05) is 12.1 Å². The van der Waals surface area contributed by atoms with Gasteiger partial charge in [-0.2, -0.15) is 0 Å². The van der Waals surface area contributed by atoms with Gasteiger partial charge in [0.2, 0.25) is 0 Å². The van der Waals surface area contributed by atoms with Gasteiger partial charge in [-0.1, -0.05) is 33.4 Å². The molecule has 1 rings (SSSR count). The molecule has 0 saturated carbocycles. The van der Waals surface area contributed by atoms with Gasteiger partial charge in [0.25, 0.3) is 0 Å². The van der Waals surface area contributed by atoms with Crippen molar-refractivity contribution in [3.63, 3.8) is 0 Å². The topological polar surface area (TPSA) is 44.5 Å². The lowest BCUT2D eigenvalue weighted by Gasteiger charge is -2.16. The third-order valence-electron chi connectivity index (χ3n) is 3.45. The summed E-state index contributed by atoms with van der Waals surface area (Å²) in [5.74, 6) is 1.71. The van der Waals surface area contributed by atoms with Crippen LogP contribution in [0.5, 0.6) is 11.5 Å². The molecule has 3 heteroatoms. The van der Waals surface area contributed by atoms with Crippen LogP contribution in [0.3, 0.4) is 0 Å². The van der Waals surface area contributed by atoms with Gasteiger partial charge in [-0.15, -0.1) is 0 Å². The Labute approximate surface area is 129 Å². The first-order valence-corrected chi connectivity index (χ1v) is 7.91. The van der Waals surface area contributed by atoms with Crippen molar-refractivity contribution < 1.29 is 9.47 Å². The highest BCUT2D eigenvalue weighted by Crippen LogP contribution is 2.27. The first-order valence-electron chi connectivity index (χ1n) is 7.91. The molecule has 0 spiro atoms. The minimum Gasteiger partial charge on any atom is -0.493 e. The molecule has 0 aliphatic heterocycles. The van der Waals surface area contributed by atoms with E-state index in [0.717, 1.165) is 54.9 Å². The highest BCUT2D eigenvalue weighted by atomic mass is 16.5. The second kappa shape index (κ2) is 9.46. The van der Waals surface area contributed by atoms with Crippen LogP contribution in [0.1, 0.15) is 45.6 Å². The highest BCUT2D eigenvalue weighted by Gasteiger charge is 2.10. The third-order valence-corrected chi connectivity index (χ3v) is 3.45. The standard InChI is InChI=1S/C18H29NO2/c1-5-10-20-17-9-8-15(11-16(19)7-3)18(12-17)21-13-14(4)6-2/h8-9,12,16H,4-7,10-11,13,19H2,1-3H3. The number of hydrogen-bond acceptors (Lipinski definition) is 3. The van der Waals surface area contributed by atoms with E-state index in [9.17, 15) is 0 Å². The van der Waals surface area contributed by atoms with E-state index in [0.29, 0.717) is 6.61 Å². The molecule has 0 amide bonds. The van der Waals surface area contributed by atoms with Crippen molar-refractivity contribution in [2.24, 2.45) is 5.73 Å². The molecule has 0 radical (unpaired) electrons. The van der Waals surface area contributed by atoms with Crippen molar-refractivity contribution in [1.82, 2.24) is 0 Å². The van der Waals surface area contributed by atoms with Crippen molar-refractivity contribution in [3.8, 4) is 11.5 Å². The van der Waals surface area contributed by atoms with E-state index >= 15 is 0 Å². The summed E-state index contributed by atoms with van der Waals surface area (Å²) < 4.78 is 11.6. The minimum absolute atomic E-state index is 0.157. The lowest BCUT2D eigenvalue weighted by molar-refractivity contribution is 0.309. The van der Waals surface area contributed by atoms with E-state index in [4.69, 9.17) is 15.2 Å². The van der Waals surface area contributed by atoms with Gasteiger partial charge in [0.1, 0.15) is 18.1 Å². The van der Waals surface area contributed by atoms with Gasteiger partial charge in [0.15, 0.2) is 0 Å². The molecule has 0 aliphatic carbocycles. The van der Waals surface area contributed by atoms with E-state index in [1.165, 1.54) is 0 Å². The average molecular weight is 291 g/mol. The predicted molar refractivity (Wildman–Crippen MR) is 89.1 cm³/mol. The first kappa shape index (κ1) is 17.6. The fraction of sp³-hybridized carbons (Fsp3) is 0.556. The third kappa shape index (κ3) is 6.21. The van der Waals surface area contributed by atoms with Crippen molar-refractivity contribution in [2.45, 2.75) is 52.5 Å². The normalized spacial score (nSPS) is 12.0. The van der Waals surface area contributed by atoms with Gasteiger partial charge in [-0.3, -0.25) is 0 Å². The Kier molecular flexibility index (Phi) is 7.91. The monoisotopic (exact) mass is 291 g/mol. The molecular formula is C18H29NO2. The summed E-state index contributed by atoms with van der Waals surface area (Å²) in [6, 6.07) is 6.18. The molecule has 1 unspecified atom stereocenters. The van der Waals surface area contributed by atoms with Gasteiger partial charge >= 0.3 is 0 Å². The quantitative estimate of drug-likeness (QED) is 0.660. The molecule has 0 aliphatic rings. The number of hydrogen-bond donors (Lipinski definition) is 1. The average Bonchev–Trinajstić information content (AvgIpc) is 2.51. The second-order valence-electron chi connectivity index (χ2n) is 5.38. The van der Waals surface area contributed by atoms with Crippen molar-refractivity contribution in [1.29, 1.82) is 0 Å². The van der Waals surface area contributed by atoms with Crippen LogP contribution in [-0.2, 0) is 6.42 Å². The summed E-state index contributed by atoms with van der Waals surface area (Å²) in [6.07, 6.45) is 3.69. The molecule has 0 aromatic heterocycles. The summed E-state index contributed by atoms with van der Waals surface area (Å²) in [7, 11) is 0. The first-order chi connectivity index (χ1) is 10.1. The smallest absolute Gasteiger partial charge is 0.126 e. The molecule has 0 fully saturated rings. The molecule has 1 aromatic carbocycles. The van der Waals surface area contributed by atoms with E-state index < -0.39 is 0 Å². The number of ether oxygens (including phenoxy) is 2. The maximum atomic E-state index is 6.07. The maximum Gasteiger partial charge on any atom is 0.126 e. The van der Waals surface area contributed by atoms with Gasteiger partial charge < -0.3 is 15.2 Å². The molecule has 2 N–H and O–H groups in total. The zero-order valence-electron chi connectivity index (χ0n) is 13.7. The van der Waals surface area contributed by atoms with Crippen LogP contribution >= 0.6 is 0 Å². The lowest BCUT2D eigenvalue weighted by atomic mass is 10.0. The van der Waals surface area contributed by atoms with E-state index in [-0.39, 0.29) is 6.04 Å². The van der Waals surface area contributed by atoms with Crippen LogP contribution in [0.2, 0.25) is 0 Å². The molecule has 1 aromatic rings. The molecular weight excluding hydrogens is 262 g/mol. The van der Waals surface area contributed by atoms with E-state index in [2.05, 4.69) is 33.4 Å². The Morgan fingerprint density at radius 3 is 2.62 bits per heavy atom. The van der Waals surface area contributed by atoms with Crippen LogP contribution in [0.15, 0.2) is 30.4 Å². The van der Waals surface area contributed by atoms with Crippen molar-refractivity contribution in [2.75, 3.05) is 13.2 Å². The molecule has 1 atom stereocenters. The largest absolute Gasteiger partial charge is 0.493 e. The maximum absolute atomic E-state index is 6.07. The number of rotatable bonds is 10. The van der Waals surface area contributed by atoms with Crippen molar-refractivity contribution in [3.05, 3.63) is 35.9 Å². The molecule has 118 valence electrons. The fourth-order valence-electron chi connectivity index (χ4n) is 1.86. The Bertz CT molecular complexity index is 443.